The Morgan fingerprint density at radius 3 is 3.05 bits per heavy atom. The zero-order valence-electron chi connectivity index (χ0n) is 11.4. The molecule has 108 valence electrons. The topological polar surface area (TPSA) is 89.3 Å². The summed E-state index contributed by atoms with van der Waals surface area (Å²) in [5.74, 6) is 6.45. The molecule has 0 saturated heterocycles. The summed E-state index contributed by atoms with van der Waals surface area (Å²) in [6.45, 7) is 0.460. The zero-order chi connectivity index (χ0) is 14.7. The van der Waals surface area contributed by atoms with Gasteiger partial charge in [-0.05, 0) is 23.8 Å². The molecule has 0 spiro atoms. The van der Waals surface area contributed by atoms with Crippen molar-refractivity contribution in [2.24, 2.45) is 5.84 Å². The van der Waals surface area contributed by atoms with Crippen LogP contribution >= 0.6 is 0 Å². The Hall–Kier alpha value is -2.60. The number of para-hydroxylation sites is 1. The number of hydrogen-bond acceptors (Lipinski definition) is 5. The van der Waals surface area contributed by atoms with Gasteiger partial charge in [-0.1, -0.05) is 18.2 Å². The van der Waals surface area contributed by atoms with Gasteiger partial charge in [-0.2, -0.15) is 0 Å². The predicted octanol–water partition coefficient (Wildman–Crippen LogP) is 1.10. The SMILES string of the molecule is NNc1cc(C(=O)NCC2Cc3ccccc3O2)ccn1. The second-order valence-electron chi connectivity index (χ2n) is 4.84. The highest BCUT2D eigenvalue weighted by Crippen LogP contribution is 2.27. The van der Waals surface area contributed by atoms with Crippen LogP contribution in [0.25, 0.3) is 0 Å². The molecular weight excluding hydrogens is 268 g/mol. The van der Waals surface area contributed by atoms with Crippen LogP contribution in [0.5, 0.6) is 5.75 Å². The van der Waals surface area contributed by atoms with Crippen LogP contribution in [0.4, 0.5) is 5.82 Å². The molecule has 0 bridgehead atoms. The molecule has 3 rings (SSSR count). The Morgan fingerprint density at radius 1 is 1.38 bits per heavy atom. The number of fused-ring (bicyclic) bond motifs is 1. The van der Waals surface area contributed by atoms with Gasteiger partial charge in [0.25, 0.3) is 5.91 Å². The van der Waals surface area contributed by atoms with E-state index < -0.39 is 0 Å². The number of hydrazine groups is 1. The molecule has 1 unspecified atom stereocenters. The quantitative estimate of drug-likeness (QED) is 0.578. The highest BCUT2D eigenvalue weighted by Gasteiger charge is 2.22. The minimum atomic E-state index is -0.173. The highest BCUT2D eigenvalue weighted by molar-refractivity contribution is 5.94. The number of aromatic nitrogens is 1. The minimum Gasteiger partial charge on any atom is -0.488 e. The number of nitrogens with two attached hydrogens (primary N) is 1. The third-order valence-electron chi connectivity index (χ3n) is 3.37. The lowest BCUT2D eigenvalue weighted by Gasteiger charge is -2.12. The van der Waals surface area contributed by atoms with E-state index in [1.807, 2.05) is 24.3 Å². The molecule has 1 aliphatic rings. The number of pyridine rings is 1. The van der Waals surface area contributed by atoms with Crippen molar-refractivity contribution < 1.29 is 9.53 Å². The molecule has 2 heterocycles. The van der Waals surface area contributed by atoms with Gasteiger partial charge in [0.15, 0.2) is 0 Å². The van der Waals surface area contributed by atoms with Gasteiger partial charge in [0.1, 0.15) is 17.7 Å². The summed E-state index contributed by atoms with van der Waals surface area (Å²) in [5, 5.41) is 2.87. The first-order valence-corrected chi connectivity index (χ1v) is 6.71. The molecule has 4 N–H and O–H groups in total. The fourth-order valence-corrected chi connectivity index (χ4v) is 2.33. The Balaban J connectivity index is 1.57. The second-order valence-corrected chi connectivity index (χ2v) is 4.84. The smallest absolute Gasteiger partial charge is 0.251 e. The van der Waals surface area contributed by atoms with Crippen LogP contribution in [-0.4, -0.2) is 23.5 Å². The fraction of sp³-hybridized carbons (Fsp3) is 0.200. The van der Waals surface area contributed by atoms with E-state index in [1.54, 1.807) is 12.1 Å². The van der Waals surface area contributed by atoms with Crippen LogP contribution in [0.1, 0.15) is 15.9 Å². The number of nitrogens with one attached hydrogen (secondary N) is 2. The van der Waals surface area contributed by atoms with Crippen LogP contribution in [-0.2, 0) is 6.42 Å². The number of rotatable bonds is 4. The van der Waals surface area contributed by atoms with Crippen molar-refractivity contribution in [3.8, 4) is 5.75 Å². The number of ether oxygens (including phenoxy) is 1. The molecule has 0 radical (unpaired) electrons. The second kappa shape index (κ2) is 5.80. The van der Waals surface area contributed by atoms with Gasteiger partial charge in [0.2, 0.25) is 0 Å². The van der Waals surface area contributed by atoms with Crippen molar-refractivity contribution in [3.63, 3.8) is 0 Å². The molecule has 1 aromatic carbocycles. The van der Waals surface area contributed by atoms with E-state index in [0.29, 0.717) is 17.9 Å². The molecule has 0 saturated carbocycles. The number of amides is 1. The van der Waals surface area contributed by atoms with Crippen molar-refractivity contribution in [1.82, 2.24) is 10.3 Å². The molecule has 6 heteroatoms. The maximum Gasteiger partial charge on any atom is 0.251 e. The van der Waals surface area contributed by atoms with Gasteiger partial charge in [-0.25, -0.2) is 10.8 Å². The lowest BCUT2D eigenvalue weighted by molar-refractivity contribution is 0.0933. The lowest BCUT2D eigenvalue weighted by Crippen LogP contribution is -2.34. The number of carbonyl (C=O) groups excluding carboxylic acids is 1. The molecule has 1 aromatic heterocycles. The van der Waals surface area contributed by atoms with E-state index in [-0.39, 0.29) is 12.0 Å². The molecule has 0 fully saturated rings. The predicted molar refractivity (Wildman–Crippen MR) is 78.9 cm³/mol. The number of nitrogens with zero attached hydrogens (tertiary/aromatic N) is 1. The Bertz CT molecular complexity index is 635. The van der Waals surface area contributed by atoms with E-state index in [2.05, 4.69) is 15.7 Å². The van der Waals surface area contributed by atoms with E-state index in [1.165, 1.54) is 11.8 Å². The van der Waals surface area contributed by atoms with E-state index in [0.717, 1.165) is 12.2 Å². The van der Waals surface area contributed by atoms with Crippen LogP contribution in [0.2, 0.25) is 0 Å². The Morgan fingerprint density at radius 2 is 2.24 bits per heavy atom. The van der Waals surface area contributed by atoms with Crippen LogP contribution in [0.3, 0.4) is 0 Å². The summed E-state index contributed by atoms with van der Waals surface area (Å²) in [7, 11) is 0. The summed E-state index contributed by atoms with van der Waals surface area (Å²) in [6, 6.07) is 11.2. The number of carbonyl (C=O) groups is 1. The van der Waals surface area contributed by atoms with Crippen molar-refractivity contribution in [1.29, 1.82) is 0 Å². The average molecular weight is 284 g/mol. The fourth-order valence-electron chi connectivity index (χ4n) is 2.33. The molecule has 21 heavy (non-hydrogen) atoms. The summed E-state index contributed by atoms with van der Waals surface area (Å²) >= 11 is 0. The standard InChI is InChI=1S/C15H16N4O2/c16-19-14-8-11(5-6-17-14)15(20)18-9-12-7-10-3-1-2-4-13(10)21-12/h1-6,8,12H,7,9,16H2,(H,17,19)(H,18,20). The third kappa shape index (κ3) is 2.95. The monoisotopic (exact) mass is 284 g/mol. The molecule has 1 amide bonds. The number of anilines is 1. The molecule has 2 aromatic rings. The first kappa shape index (κ1) is 13.4. The number of benzene rings is 1. The van der Waals surface area contributed by atoms with Gasteiger partial charge >= 0.3 is 0 Å². The maximum absolute atomic E-state index is 12.1. The van der Waals surface area contributed by atoms with Crippen molar-refractivity contribution >= 4 is 11.7 Å². The van der Waals surface area contributed by atoms with Gasteiger partial charge in [-0.3, -0.25) is 4.79 Å². The summed E-state index contributed by atoms with van der Waals surface area (Å²) in [6.07, 6.45) is 2.31. The summed E-state index contributed by atoms with van der Waals surface area (Å²) in [4.78, 5) is 16.0. The molecule has 0 aliphatic carbocycles. The highest BCUT2D eigenvalue weighted by atomic mass is 16.5. The van der Waals surface area contributed by atoms with Gasteiger partial charge in [0, 0.05) is 18.2 Å². The molecule has 1 aliphatic heterocycles. The maximum atomic E-state index is 12.1. The number of hydrogen-bond donors (Lipinski definition) is 3. The molecule has 6 nitrogen and oxygen atoms in total. The third-order valence-corrected chi connectivity index (χ3v) is 3.37. The Labute approximate surface area is 122 Å². The van der Waals surface area contributed by atoms with Gasteiger partial charge in [0.05, 0.1) is 6.54 Å². The van der Waals surface area contributed by atoms with Crippen molar-refractivity contribution in [3.05, 3.63) is 53.7 Å². The number of nitrogen functional groups attached to an aromatic ring is 1. The largest absolute Gasteiger partial charge is 0.488 e. The Kier molecular flexibility index (Phi) is 3.70. The molecular formula is C15H16N4O2. The first-order valence-electron chi connectivity index (χ1n) is 6.71. The first-order chi connectivity index (χ1) is 10.3. The van der Waals surface area contributed by atoms with Crippen molar-refractivity contribution in [2.45, 2.75) is 12.5 Å². The van der Waals surface area contributed by atoms with E-state index in [9.17, 15) is 4.79 Å². The van der Waals surface area contributed by atoms with E-state index >= 15 is 0 Å². The normalized spacial score (nSPS) is 16.0. The van der Waals surface area contributed by atoms with Gasteiger partial charge in [-0.15, -0.1) is 0 Å². The van der Waals surface area contributed by atoms with Crippen molar-refractivity contribution in [2.75, 3.05) is 12.0 Å². The summed E-state index contributed by atoms with van der Waals surface area (Å²) in [5.41, 5.74) is 4.10. The molecule has 1 atom stereocenters. The van der Waals surface area contributed by atoms with E-state index in [4.69, 9.17) is 10.6 Å². The van der Waals surface area contributed by atoms with Crippen LogP contribution < -0.4 is 21.3 Å². The zero-order valence-corrected chi connectivity index (χ0v) is 11.4. The lowest BCUT2D eigenvalue weighted by atomic mass is 10.1. The van der Waals surface area contributed by atoms with Crippen LogP contribution in [0.15, 0.2) is 42.6 Å². The minimum absolute atomic E-state index is 0.0275. The van der Waals surface area contributed by atoms with Gasteiger partial charge < -0.3 is 15.5 Å². The average Bonchev–Trinajstić information content (AvgIpc) is 2.95. The van der Waals surface area contributed by atoms with Crippen LogP contribution in [0, 0.1) is 0 Å². The summed E-state index contributed by atoms with van der Waals surface area (Å²) < 4.78 is 5.78.